The van der Waals surface area contributed by atoms with E-state index in [0.717, 1.165) is 11.1 Å². The first-order valence-corrected chi connectivity index (χ1v) is 9.52. The van der Waals surface area contributed by atoms with E-state index in [9.17, 15) is 30.7 Å². The lowest BCUT2D eigenvalue weighted by Crippen LogP contribution is -2.25. The first-order chi connectivity index (χ1) is 15.7. The fourth-order valence-corrected chi connectivity index (χ4v) is 3.29. The highest BCUT2D eigenvalue weighted by Crippen LogP contribution is 2.37. The van der Waals surface area contributed by atoms with E-state index in [-0.39, 0.29) is 17.7 Å². The summed E-state index contributed by atoms with van der Waals surface area (Å²) in [6.45, 7) is 0. The van der Waals surface area contributed by atoms with Crippen LogP contribution in [0.25, 0.3) is 22.3 Å². The molecule has 0 aromatic heterocycles. The molecule has 168 valence electrons. The Hall–Kier alpha value is -3.81. The number of ether oxygens (including phenoxy) is 1. The minimum Gasteiger partial charge on any atom is -0.429 e. The fraction of sp³-hybridized carbons (Fsp3) is 0.0400. The Morgan fingerprint density at radius 2 is 0.970 bits per heavy atom. The first kappa shape index (κ1) is 22.4. The molecule has 0 saturated carbocycles. The van der Waals surface area contributed by atoms with Gasteiger partial charge in [-0.25, -0.2) is 22.0 Å². The Morgan fingerprint density at radius 3 is 1.48 bits per heavy atom. The molecule has 0 unspecified atom stereocenters. The average Bonchev–Trinajstić information content (AvgIpc) is 2.77. The van der Waals surface area contributed by atoms with Gasteiger partial charge in [-0.15, -0.1) is 0 Å². The van der Waals surface area contributed by atoms with Crippen LogP contribution in [0.1, 0.15) is 5.56 Å². The molecule has 0 aliphatic rings. The Balaban J connectivity index is 1.64. The fourth-order valence-electron chi connectivity index (χ4n) is 3.29. The molecular formula is C25H13F7O. The van der Waals surface area contributed by atoms with Crippen LogP contribution < -0.4 is 4.74 Å². The SMILES string of the molecule is Fc1cc(OC(F)(F)c2c(F)cc(-c3ccc(-c4ccccc4)cc3)cc2F)cc(F)c1F. The standard InChI is InChI=1S/C25H13F7O/c26-19-10-17(16-8-6-15(7-9-16)14-4-2-1-3-5-14)11-20(27)23(19)25(31,32)33-18-12-21(28)24(30)22(29)13-18/h1-13H. The third-order valence-corrected chi connectivity index (χ3v) is 4.86. The number of halogens is 7. The normalized spacial score (nSPS) is 11.5. The minimum absolute atomic E-state index is 0.0111. The van der Waals surface area contributed by atoms with E-state index in [2.05, 4.69) is 4.74 Å². The van der Waals surface area contributed by atoms with Crippen molar-refractivity contribution in [1.82, 2.24) is 0 Å². The van der Waals surface area contributed by atoms with Crippen molar-refractivity contribution in [3.63, 3.8) is 0 Å². The Kier molecular flexibility index (Phi) is 5.84. The molecular weight excluding hydrogens is 449 g/mol. The number of hydrogen-bond donors (Lipinski definition) is 0. The van der Waals surface area contributed by atoms with Gasteiger partial charge in [0.25, 0.3) is 0 Å². The van der Waals surface area contributed by atoms with Crippen LogP contribution in [-0.4, -0.2) is 0 Å². The van der Waals surface area contributed by atoms with Crippen LogP contribution in [0.3, 0.4) is 0 Å². The molecule has 1 nitrogen and oxygen atoms in total. The highest BCUT2D eigenvalue weighted by molar-refractivity contribution is 5.70. The quantitative estimate of drug-likeness (QED) is 0.217. The van der Waals surface area contributed by atoms with E-state index >= 15 is 0 Å². The van der Waals surface area contributed by atoms with Gasteiger partial charge in [-0.3, -0.25) is 0 Å². The zero-order chi connectivity index (χ0) is 23.8. The second-order valence-electron chi connectivity index (χ2n) is 7.08. The molecule has 4 rings (SSSR count). The Morgan fingerprint density at radius 1 is 0.515 bits per heavy atom. The summed E-state index contributed by atoms with van der Waals surface area (Å²) in [5.41, 5.74) is 0.365. The summed E-state index contributed by atoms with van der Waals surface area (Å²) < 4.78 is 102. The second kappa shape index (κ2) is 8.61. The molecule has 0 saturated heterocycles. The summed E-state index contributed by atoms with van der Waals surface area (Å²) in [4.78, 5) is 0. The van der Waals surface area contributed by atoms with Gasteiger partial charge in [0, 0.05) is 12.1 Å². The van der Waals surface area contributed by atoms with Gasteiger partial charge >= 0.3 is 6.11 Å². The molecule has 0 fully saturated rings. The van der Waals surface area contributed by atoms with Crippen molar-refractivity contribution in [3.8, 4) is 28.0 Å². The van der Waals surface area contributed by atoms with Gasteiger partial charge in [0.2, 0.25) is 0 Å². The molecule has 0 amide bonds. The van der Waals surface area contributed by atoms with Crippen molar-refractivity contribution in [3.05, 3.63) is 114 Å². The van der Waals surface area contributed by atoms with E-state index in [0.29, 0.717) is 17.7 Å². The minimum atomic E-state index is -4.64. The van der Waals surface area contributed by atoms with Crippen LogP contribution in [-0.2, 0) is 6.11 Å². The topological polar surface area (TPSA) is 9.23 Å². The van der Waals surface area contributed by atoms with Crippen LogP contribution in [0.4, 0.5) is 30.7 Å². The predicted molar refractivity (Wildman–Crippen MR) is 108 cm³/mol. The van der Waals surface area contributed by atoms with E-state index in [1.165, 1.54) is 0 Å². The summed E-state index contributed by atoms with van der Waals surface area (Å²) in [5, 5.41) is 0. The lowest BCUT2D eigenvalue weighted by molar-refractivity contribution is -0.189. The molecule has 0 bridgehead atoms. The smallest absolute Gasteiger partial charge is 0.429 e. The monoisotopic (exact) mass is 462 g/mol. The van der Waals surface area contributed by atoms with Crippen molar-refractivity contribution >= 4 is 0 Å². The molecule has 0 heterocycles. The summed E-state index contributed by atoms with van der Waals surface area (Å²) in [7, 11) is 0. The number of rotatable bonds is 5. The lowest BCUT2D eigenvalue weighted by atomic mass is 9.99. The van der Waals surface area contributed by atoms with Gasteiger partial charge in [-0.2, -0.15) is 8.78 Å². The van der Waals surface area contributed by atoms with Crippen molar-refractivity contribution in [2.75, 3.05) is 0 Å². The van der Waals surface area contributed by atoms with Gasteiger partial charge < -0.3 is 4.74 Å². The molecule has 0 aliphatic heterocycles. The summed E-state index contributed by atoms with van der Waals surface area (Å²) >= 11 is 0. The summed E-state index contributed by atoms with van der Waals surface area (Å²) in [6.07, 6.45) is -4.64. The van der Waals surface area contributed by atoms with E-state index in [1.807, 2.05) is 30.3 Å². The van der Waals surface area contributed by atoms with Crippen molar-refractivity contribution < 1.29 is 35.5 Å². The molecule has 4 aromatic rings. The molecule has 0 N–H and O–H groups in total. The number of alkyl halides is 2. The van der Waals surface area contributed by atoms with Crippen molar-refractivity contribution in [2.45, 2.75) is 6.11 Å². The molecule has 0 aliphatic carbocycles. The highest BCUT2D eigenvalue weighted by atomic mass is 19.3. The van der Waals surface area contributed by atoms with E-state index < -0.39 is 46.5 Å². The van der Waals surface area contributed by atoms with Crippen molar-refractivity contribution in [2.24, 2.45) is 0 Å². The summed E-state index contributed by atoms with van der Waals surface area (Å²) in [5.74, 6) is -9.90. The van der Waals surface area contributed by atoms with Gasteiger partial charge in [0.1, 0.15) is 22.9 Å². The van der Waals surface area contributed by atoms with Gasteiger partial charge in [-0.1, -0.05) is 54.6 Å². The van der Waals surface area contributed by atoms with Crippen LogP contribution in [0.2, 0.25) is 0 Å². The van der Waals surface area contributed by atoms with E-state index in [1.54, 1.807) is 24.3 Å². The highest BCUT2D eigenvalue weighted by Gasteiger charge is 2.41. The average molecular weight is 462 g/mol. The van der Waals surface area contributed by atoms with Crippen LogP contribution in [0.15, 0.2) is 78.9 Å². The third kappa shape index (κ3) is 4.55. The predicted octanol–water partition coefficient (Wildman–Crippen LogP) is 7.84. The Bertz CT molecular complexity index is 1260. The molecule has 33 heavy (non-hydrogen) atoms. The maximum Gasteiger partial charge on any atom is 0.432 e. The van der Waals surface area contributed by atoms with Gasteiger partial charge in [-0.05, 0) is 34.4 Å². The second-order valence-corrected chi connectivity index (χ2v) is 7.08. The molecule has 4 aromatic carbocycles. The van der Waals surface area contributed by atoms with E-state index in [4.69, 9.17) is 0 Å². The number of hydrogen-bond acceptors (Lipinski definition) is 1. The Labute approximate surface area is 183 Å². The van der Waals surface area contributed by atoms with Crippen LogP contribution in [0.5, 0.6) is 5.75 Å². The van der Waals surface area contributed by atoms with Gasteiger partial charge in [0.05, 0.1) is 0 Å². The lowest BCUT2D eigenvalue weighted by Gasteiger charge is -2.20. The maximum atomic E-state index is 14.6. The van der Waals surface area contributed by atoms with Gasteiger partial charge in [0.15, 0.2) is 17.5 Å². The zero-order valence-corrected chi connectivity index (χ0v) is 16.6. The molecule has 0 radical (unpaired) electrons. The van der Waals surface area contributed by atoms with Crippen molar-refractivity contribution in [1.29, 1.82) is 0 Å². The zero-order valence-electron chi connectivity index (χ0n) is 16.6. The summed E-state index contributed by atoms with van der Waals surface area (Å²) in [6, 6.07) is 17.6. The maximum absolute atomic E-state index is 14.6. The molecule has 0 atom stereocenters. The molecule has 8 heteroatoms. The first-order valence-electron chi connectivity index (χ1n) is 9.52. The van der Waals surface area contributed by atoms with Crippen LogP contribution >= 0.6 is 0 Å². The largest absolute Gasteiger partial charge is 0.432 e. The third-order valence-electron chi connectivity index (χ3n) is 4.86. The van der Waals surface area contributed by atoms with Crippen LogP contribution in [0, 0.1) is 29.1 Å². The molecule has 0 spiro atoms. The number of benzene rings is 4.